The van der Waals surface area contributed by atoms with Gasteiger partial charge in [-0.15, -0.1) is 0 Å². The van der Waals surface area contributed by atoms with Crippen LogP contribution in [0.25, 0.3) is 0 Å². The van der Waals surface area contributed by atoms with Crippen LogP contribution in [-0.4, -0.2) is 19.7 Å². The molecule has 3 heteroatoms. The Morgan fingerprint density at radius 3 is 2.04 bits per heavy atom. The number of hydrogen-bond donors (Lipinski definition) is 0. The van der Waals surface area contributed by atoms with Crippen LogP contribution in [0.2, 0.25) is 0 Å². The Hall–Kier alpha value is -1.51. The zero-order valence-corrected chi connectivity index (χ0v) is 17.1. The molecule has 148 valence electrons. The highest BCUT2D eigenvalue weighted by Gasteiger charge is 2.02. The van der Waals surface area contributed by atoms with Gasteiger partial charge in [0, 0.05) is 6.42 Å². The molecule has 0 aliphatic rings. The zero-order chi connectivity index (χ0) is 19.0. The summed E-state index contributed by atoms with van der Waals surface area (Å²) in [7, 11) is 1.42. The lowest BCUT2D eigenvalue weighted by atomic mass is 10.0. The van der Waals surface area contributed by atoms with Crippen molar-refractivity contribution in [1.29, 1.82) is 0 Å². The molecule has 3 nitrogen and oxygen atoms in total. The molecule has 0 unspecified atom stereocenters. The van der Waals surface area contributed by atoms with Gasteiger partial charge >= 0.3 is 5.97 Å². The lowest BCUT2D eigenvalue weighted by Crippen LogP contribution is -2.02. The van der Waals surface area contributed by atoms with Crippen LogP contribution in [-0.2, 0) is 16.0 Å². The summed E-state index contributed by atoms with van der Waals surface area (Å²) >= 11 is 0. The van der Waals surface area contributed by atoms with Gasteiger partial charge in [-0.2, -0.15) is 0 Å². The number of ether oxygens (including phenoxy) is 2. The molecule has 0 saturated carbocycles. The first-order valence-corrected chi connectivity index (χ1v) is 10.4. The van der Waals surface area contributed by atoms with Gasteiger partial charge in [0.1, 0.15) is 5.75 Å². The van der Waals surface area contributed by atoms with E-state index in [1.165, 1.54) is 58.5 Å². The predicted octanol–water partition coefficient (Wildman–Crippen LogP) is 6.34. The minimum absolute atomic E-state index is 0.166. The van der Waals surface area contributed by atoms with E-state index in [2.05, 4.69) is 18.6 Å². The number of benzene rings is 1. The number of unbranched alkanes of at least 4 members (excludes halogenated alkanes) is 7. The Morgan fingerprint density at radius 1 is 0.885 bits per heavy atom. The highest BCUT2D eigenvalue weighted by atomic mass is 16.5. The summed E-state index contributed by atoms with van der Waals surface area (Å²) in [6.07, 6.45) is 13.1. The Bertz CT molecular complexity index is 465. The van der Waals surface area contributed by atoms with Crippen LogP contribution in [0.4, 0.5) is 0 Å². The minimum atomic E-state index is -0.166. The van der Waals surface area contributed by atoms with Gasteiger partial charge in [0.15, 0.2) is 0 Å². The average molecular weight is 363 g/mol. The molecule has 1 rings (SSSR count). The highest BCUT2D eigenvalue weighted by molar-refractivity contribution is 5.69. The van der Waals surface area contributed by atoms with E-state index in [0.29, 0.717) is 12.8 Å². The standard InChI is InChI=1S/C23H38O3/c1-20(2)12-10-8-6-4-5-7-9-11-19-26-22-16-13-21(14-17-22)15-18-23(24)25-3/h13-14,16-17,20H,4-12,15,18-19H2,1-3H3. The fourth-order valence-corrected chi connectivity index (χ4v) is 3.01. The molecular weight excluding hydrogens is 324 g/mol. The second-order valence-electron chi connectivity index (χ2n) is 7.58. The molecule has 0 saturated heterocycles. The van der Waals surface area contributed by atoms with Crippen molar-refractivity contribution in [2.24, 2.45) is 5.92 Å². The van der Waals surface area contributed by atoms with E-state index in [-0.39, 0.29) is 5.97 Å². The first-order chi connectivity index (χ1) is 12.6. The molecule has 1 aromatic carbocycles. The van der Waals surface area contributed by atoms with Crippen LogP contribution in [0.1, 0.15) is 83.6 Å². The lowest BCUT2D eigenvalue weighted by Gasteiger charge is -2.07. The molecule has 0 N–H and O–H groups in total. The summed E-state index contributed by atoms with van der Waals surface area (Å²) in [6.45, 7) is 5.40. The van der Waals surface area contributed by atoms with E-state index in [9.17, 15) is 4.79 Å². The van der Waals surface area contributed by atoms with Gasteiger partial charge in [0.05, 0.1) is 13.7 Å². The molecule has 0 aliphatic carbocycles. The van der Waals surface area contributed by atoms with E-state index in [1.807, 2.05) is 24.3 Å². The van der Waals surface area contributed by atoms with Crippen molar-refractivity contribution in [3.8, 4) is 5.75 Å². The average Bonchev–Trinajstić information content (AvgIpc) is 2.64. The Kier molecular flexibility index (Phi) is 12.7. The normalized spacial score (nSPS) is 10.9. The molecule has 0 atom stereocenters. The smallest absolute Gasteiger partial charge is 0.305 e. The number of rotatable bonds is 15. The van der Waals surface area contributed by atoms with Gasteiger partial charge in [-0.1, -0.05) is 77.3 Å². The largest absolute Gasteiger partial charge is 0.494 e. The first kappa shape index (κ1) is 22.5. The van der Waals surface area contributed by atoms with Crippen LogP contribution in [0.5, 0.6) is 5.75 Å². The Morgan fingerprint density at radius 2 is 1.46 bits per heavy atom. The third-order valence-electron chi connectivity index (χ3n) is 4.71. The fourth-order valence-electron chi connectivity index (χ4n) is 3.01. The van der Waals surface area contributed by atoms with Crippen LogP contribution < -0.4 is 4.74 Å². The second kappa shape index (κ2) is 14.6. The topological polar surface area (TPSA) is 35.5 Å². The number of carbonyl (C=O) groups is 1. The maximum Gasteiger partial charge on any atom is 0.305 e. The highest BCUT2D eigenvalue weighted by Crippen LogP contribution is 2.15. The van der Waals surface area contributed by atoms with Gasteiger partial charge in [-0.3, -0.25) is 4.79 Å². The van der Waals surface area contributed by atoms with Crippen molar-refractivity contribution >= 4 is 5.97 Å². The van der Waals surface area contributed by atoms with E-state index in [4.69, 9.17) is 4.74 Å². The summed E-state index contributed by atoms with van der Waals surface area (Å²) in [5.41, 5.74) is 1.14. The number of carbonyl (C=O) groups excluding carboxylic acids is 1. The van der Waals surface area contributed by atoms with Crippen molar-refractivity contribution in [3.63, 3.8) is 0 Å². The Balaban J connectivity index is 1.97. The summed E-state index contributed by atoms with van der Waals surface area (Å²) < 4.78 is 10.5. The fraction of sp³-hybridized carbons (Fsp3) is 0.696. The summed E-state index contributed by atoms with van der Waals surface area (Å²) in [4.78, 5) is 11.1. The molecule has 0 amide bonds. The zero-order valence-electron chi connectivity index (χ0n) is 17.1. The molecule has 0 aromatic heterocycles. The number of esters is 1. The van der Waals surface area contributed by atoms with Crippen molar-refractivity contribution in [3.05, 3.63) is 29.8 Å². The summed E-state index contributed by atoms with van der Waals surface area (Å²) in [5, 5.41) is 0. The van der Waals surface area contributed by atoms with Crippen LogP contribution in [0.15, 0.2) is 24.3 Å². The molecule has 0 aliphatic heterocycles. The van der Waals surface area contributed by atoms with Crippen molar-refractivity contribution in [2.75, 3.05) is 13.7 Å². The van der Waals surface area contributed by atoms with Crippen molar-refractivity contribution in [1.82, 2.24) is 0 Å². The third kappa shape index (κ3) is 11.9. The first-order valence-electron chi connectivity index (χ1n) is 10.4. The van der Waals surface area contributed by atoms with Crippen LogP contribution >= 0.6 is 0 Å². The van der Waals surface area contributed by atoms with Gasteiger partial charge in [-0.05, 0) is 36.5 Å². The number of hydrogen-bond acceptors (Lipinski definition) is 3. The number of aryl methyl sites for hydroxylation is 1. The maximum absolute atomic E-state index is 11.1. The molecule has 0 heterocycles. The monoisotopic (exact) mass is 362 g/mol. The quantitative estimate of drug-likeness (QED) is 0.270. The van der Waals surface area contributed by atoms with E-state index < -0.39 is 0 Å². The van der Waals surface area contributed by atoms with Crippen LogP contribution in [0.3, 0.4) is 0 Å². The van der Waals surface area contributed by atoms with Gasteiger partial charge in [-0.25, -0.2) is 0 Å². The number of methoxy groups -OCH3 is 1. The second-order valence-corrected chi connectivity index (χ2v) is 7.58. The maximum atomic E-state index is 11.1. The van der Waals surface area contributed by atoms with Crippen LogP contribution in [0, 0.1) is 5.92 Å². The molecule has 0 radical (unpaired) electrons. The van der Waals surface area contributed by atoms with E-state index >= 15 is 0 Å². The van der Waals surface area contributed by atoms with Crippen molar-refractivity contribution in [2.45, 2.75) is 84.5 Å². The summed E-state index contributed by atoms with van der Waals surface area (Å²) in [5.74, 6) is 1.60. The SMILES string of the molecule is COC(=O)CCc1ccc(OCCCCCCCCCCC(C)C)cc1. The molecule has 0 fully saturated rings. The third-order valence-corrected chi connectivity index (χ3v) is 4.71. The molecule has 1 aromatic rings. The molecular formula is C23H38O3. The molecule has 26 heavy (non-hydrogen) atoms. The van der Waals surface area contributed by atoms with Gasteiger partial charge in [0.25, 0.3) is 0 Å². The van der Waals surface area contributed by atoms with Gasteiger partial charge in [0.2, 0.25) is 0 Å². The van der Waals surface area contributed by atoms with E-state index in [0.717, 1.165) is 30.3 Å². The minimum Gasteiger partial charge on any atom is -0.494 e. The lowest BCUT2D eigenvalue weighted by molar-refractivity contribution is -0.140. The molecule has 0 bridgehead atoms. The summed E-state index contributed by atoms with van der Waals surface area (Å²) in [6, 6.07) is 8.03. The predicted molar refractivity (Wildman–Crippen MR) is 109 cm³/mol. The Labute approximate surface area is 160 Å². The van der Waals surface area contributed by atoms with Gasteiger partial charge < -0.3 is 9.47 Å². The van der Waals surface area contributed by atoms with Crippen molar-refractivity contribution < 1.29 is 14.3 Å². The van der Waals surface area contributed by atoms with E-state index in [1.54, 1.807) is 0 Å². The molecule has 0 spiro atoms.